The highest BCUT2D eigenvalue weighted by atomic mass is 16.2. The Hall–Kier alpha value is -3.40. The maximum Gasteiger partial charge on any atom is 0.258 e. The van der Waals surface area contributed by atoms with Crippen LogP contribution >= 0.6 is 0 Å². The number of hydrogen-bond donors (Lipinski definition) is 3. The van der Waals surface area contributed by atoms with E-state index in [0.717, 1.165) is 37.2 Å². The standard InChI is InChI=1S/C29H39N7O3/c1-17-26-24(13-29(2,3)35(28(26)39)15-18-4-5-18)36(33-17)21-8-9-22(27(30)38)23(12-21)32-20-10-11-34(16-20)25(37)14-31-19-6-7-19/h8-9,12,18-20,31-32H,4-7,10-11,13-16H2,1-3H3,(H2,30,38). The van der Waals surface area contributed by atoms with Crippen LogP contribution < -0.4 is 16.4 Å². The number of nitrogens with one attached hydrogen (secondary N) is 2. The predicted molar refractivity (Wildman–Crippen MR) is 148 cm³/mol. The number of likely N-dealkylation sites (tertiary alicyclic amines) is 1. The number of hydrogen-bond acceptors (Lipinski definition) is 6. The lowest BCUT2D eigenvalue weighted by Gasteiger charge is -2.42. The number of amides is 3. The van der Waals surface area contributed by atoms with Crippen LogP contribution in [0, 0.1) is 12.8 Å². The molecular formula is C29H39N7O3. The third-order valence-electron chi connectivity index (χ3n) is 8.62. The van der Waals surface area contributed by atoms with Gasteiger partial charge < -0.3 is 26.2 Å². The van der Waals surface area contributed by atoms with Crippen LogP contribution in [0.15, 0.2) is 18.2 Å². The van der Waals surface area contributed by atoms with Gasteiger partial charge in [0.15, 0.2) is 0 Å². The second-order valence-electron chi connectivity index (χ2n) is 12.4. The number of fused-ring (bicyclic) bond motifs is 1. The highest BCUT2D eigenvalue weighted by Gasteiger charge is 2.43. The summed E-state index contributed by atoms with van der Waals surface area (Å²) < 4.78 is 1.85. The van der Waals surface area contributed by atoms with E-state index in [-0.39, 0.29) is 23.4 Å². The largest absolute Gasteiger partial charge is 0.380 e. The number of carbonyl (C=O) groups is 3. The Morgan fingerprint density at radius 2 is 1.90 bits per heavy atom. The van der Waals surface area contributed by atoms with Gasteiger partial charge in [-0.25, -0.2) is 4.68 Å². The minimum atomic E-state index is -0.519. The van der Waals surface area contributed by atoms with E-state index in [4.69, 9.17) is 10.8 Å². The van der Waals surface area contributed by atoms with Crippen molar-refractivity contribution in [3.63, 3.8) is 0 Å². The molecule has 10 nitrogen and oxygen atoms in total. The molecule has 2 saturated carbocycles. The van der Waals surface area contributed by atoms with Crippen LogP contribution in [0.5, 0.6) is 0 Å². The summed E-state index contributed by atoms with van der Waals surface area (Å²) in [5.41, 5.74) is 9.49. The Balaban J connectivity index is 1.25. The molecule has 39 heavy (non-hydrogen) atoms. The summed E-state index contributed by atoms with van der Waals surface area (Å²) in [4.78, 5) is 42.5. The highest BCUT2D eigenvalue weighted by molar-refractivity contribution is 6.00. The molecule has 6 rings (SSSR count). The van der Waals surface area contributed by atoms with E-state index in [1.807, 2.05) is 33.5 Å². The number of nitrogens with zero attached hydrogens (tertiary/aromatic N) is 4. The molecule has 0 spiro atoms. The van der Waals surface area contributed by atoms with E-state index in [1.54, 1.807) is 6.07 Å². The summed E-state index contributed by atoms with van der Waals surface area (Å²) in [6.45, 7) is 8.56. The molecule has 1 aromatic heterocycles. The van der Waals surface area contributed by atoms with Crippen molar-refractivity contribution >= 4 is 23.4 Å². The second-order valence-corrected chi connectivity index (χ2v) is 12.4. The molecule has 3 heterocycles. The molecular weight excluding hydrogens is 494 g/mol. The van der Waals surface area contributed by atoms with Gasteiger partial charge in [0.25, 0.3) is 11.8 Å². The van der Waals surface area contributed by atoms with Gasteiger partial charge >= 0.3 is 0 Å². The number of aromatic nitrogens is 2. The van der Waals surface area contributed by atoms with E-state index in [0.29, 0.717) is 60.5 Å². The molecule has 0 radical (unpaired) electrons. The molecule has 0 bridgehead atoms. The van der Waals surface area contributed by atoms with Gasteiger partial charge in [-0.1, -0.05) is 0 Å². The lowest BCUT2D eigenvalue weighted by molar-refractivity contribution is -0.129. The number of carbonyl (C=O) groups excluding carboxylic acids is 3. The minimum absolute atomic E-state index is 0.00740. The van der Waals surface area contributed by atoms with Crippen LogP contribution in [-0.4, -0.2) is 81.1 Å². The second kappa shape index (κ2) is 9.66. The van der Waals surface area contributed by atoms with Gasteiger partial charge in [-0.2, -0.15) is 5.10 Å². The average molecular weight is 534 g/mol. The zero-order chi connectivity index (χ0) is 27.5. The molecule has 4 N–H and O–H groups in total. The number of anilines is 1. The zero-order valence-corrected chi connectivity index (χ0v) is 23.1. The first kappa shape index (κ1) is 25.9. The Morgan fingerprint density at radius 3 is 2.59 bits per heavy atom. The van der Waals surface area contributed by atoms with Crippen molar-refractivity contribution in [1.82, 2.24) is 24.9 Å². The Morgan fingerprint density at radius 1 is 1.13 bits per heavy atom. The van der Waals surface area contributed by atoms with Gasteiger partial charge in [-0.15, -0.1) is 0 Å². The number of primary amides is 1. The van der Waals surface area contributed by atoms with E-state index in [1.165, 1.54) is 12.8 Å². The first-order valence-corrected chi connectivity index (χ1v) is 14.2. The highest BCUT2D eigenvalue weighted by Crippen LogP contribution is 2.38. The van der Waals surface area contributed by atoms with Gasteiger partial charge in [0, 0.05) is 49.4 Å². The maximum atomic E-state index is 13.6. The van der Waals surface area contributed by atoms with Gasteiger partial charge in [0.2, 0.25) is 5.91 Å². The molecule has 3 amide bonds. The molecule has 1 saturated heterocycles. The molecule has 2 aliphatic heterocycles. The molecule has 2 aliphatic carbocycles. The summed E-state index contributed by atoms with van der Waals surface area (Å²) in [7, 11) is 0. The van der Waals surface area contributed by atoms with E-state index in [9.17, 15) is 14.4 Å². The van der Waals surface area contributed by atoms with E-state index >= 15 is 0 Å². The van der Waals surface area contributed by atoms with Crippen molar-refractivity contribution in [2.75, 3.05) is 31.5 Å². The van der Waals surface area contributed by atoms with Crippen LogP contribution in [-0.2, 0) is 11.2 Å². The quantitative estimate of drug-likeness (QED) is 0.454. The average Bonchev–Trinajstić information content (AvgIpc) is 3.81. The number of nitrogens with two attached hydrogens (primary N) is 1. The van der Waals surface area contributed by atoms with Crippen molar-refractivity contribution in [3.8, 4) is 5.69 Å². The van der Waals surface area contributed by atoms with Crippen molar-refractivity contribution < 1.29 is 14.4 Å². The Labute approximate surface area is 229 Å². The van der Waals surface area contributed by atoms with Gasteiger partial charge in [-0.3, -0.25) is 14.4 Å². The molecule has 3 fully saturated rings. The van der Waals surface area contributed by atoms with Crippen molar-refractivity contribution in [3.05, 3.63) is 40.7 Å². The summed E-state index contributed by atoms with van der Waals surface area (Å²) in [6, 6.07) is 5.94. The van der Waals surface area contributed by atoms with Gasteiger partial charge in [0.05, 0.1) is 34.7 Å². The third kappa shape index (κ3) is 5.14. The number of aryl methyl sites for hydroxylation is 1. The van der Waals surface area contributed by atoms with E-state index in [2.05, 4.69) is 24.5 Å². The molecule has 4 aliphatic rings. The SMILES string of the molecule is Cc1nn(-c2ccc(C(N)=O)c(NC3CCN(C(=O)CNC4CC4)C3)c2)c2c1C(=O)N(CC1CC1)C(C)(C)C2. The predicted octanol–water partition coefficient (Wildman–Crippen LogP) is 2.23. The molecule has 208 valence electrons. The first-order chi connectivity index (χ1) is 18.6. The summed E-state index contributed by atoms with van der Waals surface area (Å²) >= 11 is 0. The number of rotatable bonds is 9. The fourth-order valence-electron chi connectivity index (χ4n) is 5.99. The summed E-state index contributed by atoms with van der Waals surface area (Å²) in [6.07, 6.45) is 6.15. The maximum absolute atomic E-state index is 13.6. The lowest BCUT2D eigenvalue weighted by Crippen LogP contribution is -2.53. The van der Waals surface area contributed by atoms with Gasteiger partial charge in [0.1, 0.15) is 0 Å². The van der Waals surface area contributed by atoms with Crippen molar-refractivity contribution in [1.29, 1.82) is 0 Å². The fourth-order valence-corrected chi connectivity index (χ4v) is 5.99. The first-order valence-electron chi connectivity index (χ1n) is 14.2. The summed E-state index contributed by atoms with van der Waals surface area (Å²) in [5.74, 6) is 0.248. The molecule has 1 atom stereocenters. The smallest absolute Gasteiger partial charge is 0.258 e. The van der Waals surface area contributed by atoms with Crippen molar-refractivity contribution in [2.45, 2.75) is 76.9 Å². The molecule has 1 aromatic carbocycles. The van der Waals surface area contributed by atoms with Crippen molar-refractivity contribution in [2.24, 2.45) is 11.7 Å². The monoisotopic (exact) mass is 533 g/mol. The zero-order valence-electron chi connectivity index (χ0n) is 23.1. The van der Waals surface area contributed by atoms with Crippen LogP contribution in [0.3, 0.4) is 0 Å². The molecule has 10 heteroatoms. The van der Waals surface area contributed by atoms with Crippen LogP contribution in [0.1, 0.15) is 78.1 Å². The van der Waals surface area contributed by atoms with Crippen LogP contribution in [0.4, 0.5) is 5.69 Å². The minimum Gasteiger partial charge on any atom is -0.380 e. The Kier molecular flexibility index (Phi) is 6.40. The number of benzene rings is 1. The lowest BCUT2D eigenvalue weighted by atomic mass is 9.87. The molecule has 1 unspecified atom stereocenters. The third-order valence-corrected chi connectivity index (χ3v) is 8.62. The summed E-state index contributed by atoms with van der Waals surface area (Å²) in [5, 5.41) is 11.6. The molecule has 2 aromatic rings. The fraction of sp³-hybridized carbons (Fsp3) is 0.586. The topological polar surface area (TPSA) is 126 Å². The van der Waals surface area contributed by atoms with Gasteiger partial charge in [-0.05, 0) is 77.0 Å². The van der Waals surface area contributed by atoms with E-state index < -0.39 is 5.91 Å². The van der Waals surface area contributed by atoms with Crippen LogP contribution in [0.25, 0.3) is 5.69 Å². The Bertz CT molecular complexity index is 1320. The normalized spacial score (nSPS) is 22.2. The van der Waals surface area contributed by atoms with Crippen LogP contribution in [0.2, 0.25) is 0 Å².